The summed E-state index contributed by atoms with van der Waals surface area (Å²) in [6, 6.07) is 3.30. The number of anilines is 2. The molecule has 9 heavy (non-hydrogen) atoms. The van der Waals surface area contributed by atoms with E-state index in [1.165, 1.54) is 0 Å². The zero-order valence-corrected chi connectivity index (χ0v) is 5.04. The van der Waals surface area contributed by atoms with Crippen molar-refractivity contribution in [3.05, 3.63) is 18.3 Å². The molecular formula is C5H10N4. The Bertz CT molecular complexity index is 169. The summed E-state index contributed by atoms with van der Waals surface area (Å²) in [6.07, 6.45) is 1.57. The second kappa shape index (κ2) is 2.88. The SMILES string of the molecule is N.Nc1ccnc(N)c1. The van der Waals surface area contributed by atoms with Gasteiger partial charge < -0.3 is 17.6 Å². The first-order chi connectivity index (χ1) is 3.79. The number of nitrogens with zero attached hydrogens (tertiary/aromatic N) is 1. The van der Waals surface area contributed by atoms with Crippen LogP contribution in [0, 0.1) is 0 Å². The van der Waals surface area contributed by atoms with Gasteiger partial charge in [-0.2, -0.15) is 0 Å². The van der Waals surface area contributed by atoms with E-state index in [0.29, 0.717) is 11.5 Å². The fraction of sp³-hybridized carbons (Fsp3) is 0. The number of aromatic nitrogens is 1. The van der Waals surface area contributed by atoms with Gasteiger partial charge in [-0.25, -0.2) is 4.98 Å². The minimum Gasteiger partial charge on any atom is -0.399 e. The number of hydrogen-bond acceptors (Lipinski definition) is 4. The van der Waals surface area contributed by atoms with Crippen molar-refractivity contribution in [2.24, 2.45) is 0 Å². The van der Waals surface area contributed by atoms with E-state index < -0.39 is 0 Å². The molecular weight excluding hydrogens is 116 g/mol. The van der Waals surface area contributed by atoms with Crippen LogP contribution in [0.4, 0.5) is 11.5 Å². The molecule has 0 spiro atoms. The summed E-state index contributed by atoms with van der Waals surface area (Å²) in [5, 5.41) is 0. The van der Waals surface area contributed by atoms with Crippen molar-refractivity contribution in [3.63, 3.8) is 0 Å². The normalized spacial score (nSPS) is 8.00. The van der Waals surface area contributed by atoms with Crippen molar-refractivity contribution >= 4 is 11.5 Å². The standard InChI is InChI=1S/C5H7N3.H3N/c6-4-1-2-8-5(7)3-4;/h1-3H,(H4,6,7,8);1H3. The van der Waals surface area contributed by atoms with Crippen molar-refractivity contribution < 1.29 is 0 Å². The van der Waals surface area contributed by atoms with Crippen molar-refractivity contribution in [2.45, 2.75) is 0 Å². The second-order valence-electron chi connectivity index (χ2n) is 1.51. The molecule has 0 unspecified atom stereocenters. The minimum atomic E-state index is 0. The molecule has 0 amide bonds. The van der Waals surface area contributed by atoms with Gasteiger partial charge >= 0.3 is 0 Å². The highest BCUT2D eigenvalue weighted by Crippen LogP contribution is 2.01. The summed E-state index contributed by atoms with van der Waals surface area (Å²) in [5.74, 6) is 0.463. The van der Waals surface area contributed by atoms with Gasteiger partial charge in [-0.1, -0.05) is 0 Å². The quantitative estimate of drug-likeness (QED) is 0.468. The molecule has 50 valence electrons. The fourth-order valence-electron chi connectivity index (χ4n) is 0.466. The molecule has 0 aromatic carbocycles. The van der Waals surface area contributed by atoms with Gasteiger partial charge in [-0.15, -0.1) is 0 Å². The van der Waals surface area contributed by atoms with Crippen LogP contribution in [0.15, 0.2) is 18.3 Å². The average molecular weight is 126 g/mol. The van der Waals surface area contributed by atoms with Crippen molar-refractivity contribution in [2.75, 3.05) is 11.5 Å². The van der Waals surface area contributed by atoms with Crippen molar-refractivity contribution in [3.8, 4) is 0 Å². The van der Waals surface area contributed by atoms with Crippen molar-refractivity contribution in [1.29, 1.82) is 0 Å². The summed E-state index contributed by atoms with van der Waals surface area (Å²) in [4.78, 5) is 3.74. The van der Waals surface area contributed by atoms with Gasteiger partial charge in [0.1, 0.15) is 5.82 Å². The predicted molar refractivity (Wildman–Crippen MR) is 38.1 cm³/mol. The summed E-state index contributed by atoms with van der Waals surface area (Å²) in [5.41, 5.74) is 11.3. The van der Waals surface area contributed by atoms with Gasteiger partial charge in [0.2, 0.25) is 0 Å². The lowest BCUT2D eigenvalue weighted by Crippen LogP contribution is -1.91. The van der Waals surface area contributed by atoms with Gasteiger partial charge in [0.05, 0.1) is 0 Å². The third-order valence-electron chi connectivity index (χ3n) is 0.805. The Labute approximate surface area is 53.5 Å². The van der Waals surface area contributed by atoms with Crippen LogP contribution in [0.3, 0.4) is 0 Å². The first-order valence-electron chi connectivity index (χ1n) is 2.26. The maximum atomic E-state index is 5.34. The zero-order valence-electron chi connectivity index (χ0n) is 5.04. The smallest absolute Gasteiger partial charge is 0.125 e. The second-order valence-corrected chi connectivity index (χ2v) is 1.51. The molecule has 0 aliphatic heterocycles. The number of hydrogen-bond donors (Lipinski definition) is 3. The van der Waals surface area contributed by atoms with Crippen LogP contribution in [-0.4, -0.2) is 4.98 Å². The molecule has 0 saturated heterocycles. The third kappa shape index (κ3) is 1.96. The molecule has 0 aliphatic rings. The van der Waals surface area contributed by atoms with Crippen molar-refractivity contribution in [1.82, 2.24) is 11.1 Å². The first-order valence-corrected chi connectivity index (χ1v) is 2.26. The van der Waals surface area contributed by atoms with Gasteiger partial charge in [-0.3, -0.25) is 0 Å². The molecule has 0 bridgehead atoms. The largest absolute Gasteiger partial charge is 0.399 e. The minimum absolute atomic E-state index is 0. The Morgan fingerprint density at radius 1 is 1.33 bits per heavy atom. The highest BCUT2D eigenvalue weighted by molar-refractivity contribution is 5.45. The van der Waals surface area contributed by atoms with Gasteiger partial charge in [0, 0.05) is 18.0 Å². The Kier molecular flexibility index (Phi) is 2.47. The zero-order chi connectivity index (χ0) is 5.98. The van der Waals surface area contributed by atoms with E-state index in [9.17, 15) is 0 Å². The van der Waals surface area contributed by atoms with Crippen LogP contribution in [0.1, 0.15) is 0 Å². The molecule has 0 radical (unpaired) electrons. The molecule has 0 fully saturated rings. The first kappa shape index (κ1) is 7.71. The van der Waals surface area contributed by atoms with Gasteiger partial charge in [0.15, 0.2) is 0 Å². The van der Waals surface area contributed by atoms with E-state index in [0.717, 1.165) is 0 Å². The number of nitrogens with two attached hydrogens (primary N) is 2. The Morgan fingerprint density at radius 3 is 2.33 bits per heavy atom. The van der Waals surface area contributed by atoms with E-state index >= 15 is 0 Å². The molecule has 4 nitrogen and oxygen atoms in total. The monoisotopic (exact) mass is 126 g/mol. The van der Waals surface area contributed by atoms with Crippen LogP contribution in [-0.2, 0) is 0 Å². The lowest BCUT2D eigenvalue weighted by Gasteiger charge is -1.90. The maximum absolute atomic E-state index is 5.34. The predicted octanol–water partition coefficient (Wildman–Crippen LogP) is 0.408. The van der Waals surface area contributed by atoms with E-state index in [1.54, 1.807) is 18.3 Å². The number of rotatable bonds is 0. The molecule has 1 aromatic rings. The van der Waals surface area contributed by atoms with E-state index in [4.69, 9.17) is 11.5 Å². The molecule has 1 rings (SSSR count). The summed E-state index contributed by atoms with van der Waals surface area (Å²) >= 11 is 0. The number of nitrogen functional groups attached to an aromatic ring is 2. The van der Waals surface area contributed by atoms with E-state index in [1.807, 2.05) is 0 Å². The summed E-state index contributed by atoms with van der Waals surface area (Å²) in [7, 11) is 0. The lowest BCUT2D eigenvalue weighted by molar-refractivity contribution is 1.34. The highest BCUT2D eigenvalue weighted by Gasteiger charge is 1.83. The lowest BCUT2D eigenvalue weighted by atomic mass is 10.4. The Hall–Kier alpha value is -1.29. The molecule has 0 saturated carbocycles. The van der Waals surface area contributed by atoms with E-state index in [-0.39, 0.29) is 6.15 Å². The van der Waals surface area contributed by atoms with Gasteiger partial charge in [0.25, 0.3) is 0 Å². The third-order valence-corrected chi connectivity index (χ3v) is 0.805. The Morgan fingerprint density at radius 2 is 2.00 bits per heavy atom. The molecule has 1 heterocycles. The van der Waals surface area contributed by atoms with Crippen LogP contribution >= 0.6 is 0 Å². The van der Waals surface area contributed by atoms with Gasteiger partial charge in [-0.05, 0) is 6.07 Å². The molecule has 1 aromatic heterocycles. The average Bonchev–Trinajstić information content (AvgIpc) is 1.64. The maximum Gasteiger partial charge on any atom is 0.125 e. The van der Waals surface area contributed by atoms with Crippen LogP contribution in [0.2, 0.25) is 0 Å². The topological polar surface area (TPSA) is 99.9 Å². The molecule has 7 N–H and O–H groups in total. The summed E-state index contributed by atoms with van der Waals surface area (Å²) in [6.45, 7) is 0. The molecule has 0 atom stereocenters. The summed E-state index contributed by atoms with van der Waals surface area (Å²) < 4.78 is 0. The highest BCUT2D eigenvalue weighted by atomic mass is 14.8. The number of pyridine rings is 1. The van der Waals surface area contributed by atoms with Crippen LogP contribution in [0.5, 0.6) is 0 Å². The van der Waals surface area contributed by atoms with E-state index in [2.05, 4.69) is 4.98 Å². The van der Waals surface area contributed by atoms with Crippen LogP contribution in [0.25, 0.3) is 0 Å². The molecule has 4 heteroatoms. The fourth-order valence-corrected chi connectivity index (χ4v) is 0.466. The van der Waals surface area contributed by atoms with Crippen LogP contribution < -0.4 is 17.6 Å². The Balaban J connectivity index is 0.000000640. The molecule has 0 aliphatic carbocycles.